The van der Waals surface area contributed by atoms with Gasteiger partial charge in [-0.05, 0) is 48.6 Å². The molecule has 5 heteroatoms. The Balaban J connectivity index is 1.95. The summed E-state index contributed by atoms with van der Waals surface area (Å²) in [6.07, 6.45) is 3.43. The van der Waals surface area contributed by atoms with Crippen LogP contribution in [-0.4, -0.2) is 20.2 Å². The molecule has 0 bridgehead atoms. The Kier molecular flexibility index (Phi) is 4.58. The predicted octanol–water partition coefficient (Wildman–Crippen LogP) is 4.34. The molecule has 0 N–H and O–H groups in total. The van der Waals surface area contributed by atoms with Crippen LogP contribution >= 0.6 is 11.6 Å². The van der Waals surface area contributed by atoms with Crippen molar-refractivity contribution >= 4 is 29.4 Å². The van der Waals surface area contributed by atoms with Crippen LogP contribution < -0.4 is 9.47 Å². The van der Waals surface area contributed by atoms with E-state index in [1.807, 2.05) is 6.07 Å². The maximum atomic E-state index is 12.1. The molecule has 122 valence electrons. The van der Waals surface area contributed by atoms with Crippen LogP contribution in [0.2, 0.25) is 5.02 Å². The minimum Gasteiger partial charge on any atom is -0.497 e. The van der Waals surface area contributed by atoms with Crippen LogP contribution in [0.5, 0.6) is 11.5 Å². The van der Waals surface area contributed by atoms with E-state index in [9.17, 15) is 4.79 Å². The van der Waals surface area contributed by atoms with Gasteiger partial charge in [0.1, 0.15) is 17.3 Å². The average molecular weight is 343 g/mol. The third-order valence-corrected chi connectivity index (χ3v) is 3.86. The fraction of sp³-hybridized carbons (Fsp3) is 0.105. The average Bonchev–Trinajstić information content (AvgIpc) is 2.96. The van der Waals surface area contributed by atoms with Crippen LogP contribution in [0.1, 0.15) is 11.1 Å². The van der Waals surface area contributed by atoms with Crippen molar-refractivity contribution in [2.75, 3.05) is 14.2 Å². The van der Waals surface area contributed by atoms with Crippen molar-refractivity contribution in [2.24, 2.45) is 0 Å². The molecule has 4 nitrogen and oxygen atoms in total. The monoisotopic (exact) mass is 342 g/mol. The number of esters is 1. The van der Waals surface area contributed by atoms with Gasteiger partial charge in [-0.15, -0.1) is 0 Å². The quantitative estimate of drug-likeness (QED) is 0.612. The Morgan fingerprint density at radius 1 is 1.04 bits per heavy atom. The second-order valence-electron chi connectivity index (χ2n) is 5.11. The third kappa shape index (κ3) is 3.29. The summed E-state index contributed by atoms with van der Waals surface area (Å²) in [5.41, 5.74) is 2.00. The number of hydrogen-bond acceptors (Lipinski definition) is 4. The zero-order valence-corrected chi connectivity index (χ0v) is 14.0. The van der Waals surface area contributed by atoms with Crippen molar-refractivity contribution in [3.05, 3.63) is 70.3 Å². The van der Waals surface area contributed by atoms with Crippen molar-refractivity contribution in [3.8, 4) is 11.5 Å². The van der Waals surface area contributed by atoms with Gasteiger partial charge in [0.2, 0.25) is 0 Å². The van der Waals surface area contributed by atoms with Gasteiger partial charge < -0.3 is 14.2 Å². The summed E-state index contributed by atoms with van der Waals surface area (Å²) >= 11 is 5.88. The van der Waals surface area contributed by atoms with Crippen LogP contribution in [-0.2, 0) is 9.53 Å². The summed E-state index contributed by atoms with van der Waals surface area (Å²) in [5.74, 6) is 1.39. The summed E-state index contributed by atoms with van der Waals surface area (Å²) in [6, 6.07) is 12.5. The number of methoxy groups -OCH3 is 2. The number of halogens is 1. The minimum absolute atomic E-state index is 0.405. The second kappa shape index (κ2) is 6.81. The highest BCUT2D eigenvalue weighted by atomic mass is 35.5. The van der Waals surface area contributed by atoms with E-state index in [4.69, 9.17) is 25.8 Å². The van der Waals surface area contributed by atoms with Crippen molar-refractivity contribution < 1.29 is 19.0 Å². The Labute approximate surface area is 144 Å². The van der Waals surface area contributed by atoms with Gasteiger partial charge in [-0.2, -0.15) is 0 Å². The molecule has 1 heterocycles. The number of carbonyl (C=O) groups is 1. The maximum absolute atomic E-state index is 12.1. The molecule has 24 heavy (non-hydrogen) atoms. The largest absolute Gasteiger partial charge is 0.497 e. The smallest absolute Gasteiger partial charge is 0.343 e. The summed E-state index contributed by atoms with van der Waals surface area (Å²) in [4.78, 5) is 12.1. The SMILES string of the molecule is COc1ccc(/C=C2\C=C(c3ccc(Cl)cc3)OC2=O)c(OC)c1. The number of benzene rings is 2. The molecular weight excluding hydrogens is 328 g/mol. The van der Waals surface area contributed by atoms with Crippen molar-refractivity contribution in [2.45, 2.75) is 0 Å². The zero-order chi connectivity index (χ0) is 17.1. The lowest BCUT2D eigenvalue weighted by Gasteiger charge is -2.07. The highest BCUT2D eigenvalue weighted by Crippen LogP contribution is 2.31. The Hall–Kier alpha value is -2.72. The number of rotatable bonds is 4. The van der Waals surface area contributed by atoms with Gasteiger partial charge in [0.25, 0.3) is 0 Å². The molecule has 1 aliphatic rings. The summed E-state index contributed by atoms with van der Waals surface area (Å²) in [5, 5.41) is 0.627. The van der Waals surface area contributed by atoms with E-state index in [0.29, 0.717) is 27.9 Å². The van der Waals surface area contributed by atoms with Crippen molar-refractivity contribution in [1.82, 2.24) is 0 Å². The van der Waals surface area contributed by atoms with Crippen molar-refractivity contribution in [1.29, 1.82) is 0 Å². The van der Waals surface area contributed by atoms with E-state index in [2.05, 4.69) is 0 Å². The van der Waals surface area contributed by atoms with E-state index in [1.54, 1.807) is 62.8 Å². The van der Waals surface area contributed by atoms with Gasteiger partial charge in [-0.1, -0.05) is 11.6 Å². The van der Waals surface area contributed by atoms with Gasteiger partial charge >= 0.3 is 5.97 Å². The first-order valence-corrected chi connectivity index (χ1v) is 7.62. The normalized spacial score (nSPS) is 15.2. The first-order valence-electron chi connectivity index (χ1n) is 7.24. The third-order valence-electron chi connectivity index (χ3n) is 3.61. The molecule has 0 amide bonds. The summed E-state index contributed by atoms with van der Waals surface area (Å²) in [6.45, 7) is 0. The Morgan fingerprint density at radius 2 is 1.79 bits per heavy atom. The highest BCUT2D eigenvalue weighted by Gasteiger charge is 2.22. The molecule has 0 saturated heterocycles. The molecule has 0 atom stereocenters. The number of carbonyl (C=O) groups excluding carboxylic acids is 1. The zero-order valence-electron chi connectivity index (χ0n) is 13.2. The number of cyclic esters (lactones) is 1. The van der Waals surface area contributed by atoms with E-state index in [0.717, 1.165) is 11.1 Å². The van der Waals surface area contributed by atoms with Gasteiger partial charge in [-0.3, -0.25) is 0 Å². The molecule has 0 radical (unpaired) electrons. The molecule has 2 aromatic carbocycles. The van der Waals surface area contributed by atoms with Gasteiger partial charge in [-0.25, -0.2) is 4.79 Å². The molecule has 0 spiro atoms. The van der Waals surface area contributed by atoms with E-state index >= 15 is 0 Å². The molecular formula is C19H15ClO4. The van der Waals surface area contributed by atoms with Crippen molar-refractivity contribution in [3.63, 3.8) is 0 Å². The lowest BCUT2D eigenvalue weighted by Crippen LogP contribution is -1.97. The lowest BCUT2D eigenvalue weighted by molar-refractivity contribution is -0.130. The molecule has 1 aliphatic heterocycles. The molecule has 0 unspecified atom stereocenters. The van der Waals surface area contributed by atoms with Crippen LogP contribution in [0.4, 0.5) is 0 Å². The Bertz CT molecular complexity index is 835. The standard InChI is InChI=1S/C19H15ClO4/c1-22-16-8-5-13(17(11-16)23-2)9-14-10-18(24-19(14)21)12-3-6-15(20)7-4-12/h3-11H,1-2H3/b14-9+. The number of ether oxygens (including phenoxy) is 3. The second-order valence-corrected chi connectivity index (χ2v) is 5.55. The molecule has 2 aromatic rings. The minimum atomic E-state index is -0.405. The predicted molar refractivity (Wildman–Crippen MR) is 93.0 cm³/mol. The lowest BCUT2D eigenvalue weighted by atomic mass is 10.1. The molecule has 0 aromatic heterocycles. The summed E-state index contributed by atoms with van der Waals surface area (Å²) in [7, 11) is 3.15. The van der Waals surface area contributed by atoms with Gasteiger partial charge in [0.15, 0.2) is 0 Å². The maximum Gasteiger partial charge on any atom is 0.343 e. The first kappa shape index (κ1) is 16.1. The van der Waals surface area contributed by atoms with Crippen LogP contribution in [0, 0.1) is 0 Å². The molecule has 0 saturated carbocycles. The molecule has 0 fully saturated rings. The topological polar surface area (TPSA) is 44.8 Å². The Morgan fingerprint density at radius 3 is 2.46 bits per heavy atom. The molecule has 3 rings (SSSR count). The van der Waals surface area contributed by atoms with Crippen LogP contribution in [0.15, 0.2) is 54.1 Å². The van der Waals surface area contributed by atoms with E-state index in [-0.39, 0.29) is 0 Å². The fourth-order valence-electron chi connectivity index (χ4n) is 2.35. The first-order chi connectivity index (χ1) is 11.6. The van der Waals surface area contributed by atoms with Crippen LogP contribution in [0.3, 0.4) is 0 Å². The number of hydrogen-bond donors (Lipinski definition) is 0. The van der Waals surface area contributed by atoms with Gasteiger partial charge in [0, 0.05) is 22.2 Å². The van der Waals surface area contributed by atoms with E-state index < -0.39 is 5.97 Å². The fourth-order valence-corrected chi connectivity index (χ4v) is 2.48. The molecule has 0 aliphatic carbocycles. The van der Waals surface area contributed by atoms with Gasteiger partial charge in [0.05, 0.1) is 19.8 Å². The summed E-state index contributed by atoms with van der Waals surface area (Å²) < 4.78 is 15.9. The van der Waals surface area contributed by atoms with Crippen LogP contribution in [0.25, 0.3) is 11.8 Å². The van der Waals surface area contributed by atoms with E-state index in [1.165, 1.54) is 0 Å². The highest BCUT2D eigenvalue weighted by molar-refractivity contribution is 6.30.